The number of ketones is 1. The molecular formula is C15H18O. The lowest BCUT2D eigenvalue weighted by Crippen LogP contribution is -2.15. The molecule has 1 fully saturated rings. The van der Waals surface area contributed by atoms with Gasteiger partial charge in [-0.1, -0.05) is 18.2 Å². The second-order valence-electron chi connectivity index (χ2n) is 5.47. The van der Waals surface area contributed by atoms with E-state index < -0.39 is 0 Å². The highest BCUT2D eigenvalue weighted by molar-refractivity contribution is 5.85. The van der Waals surface area contributed by atoms with Crippen LogP contribution in [0.1, 0.15) is 42.9 Å². The standard InChI is InChI=1S/C15H18O/c1-11(16)15(7-8-15)10-12-5-6-13-3-2-4-14(13)9-12/h5-6,9H,2-4,7-8,10H2,1H3. The molecular weight excluding hydrogens is 196 g/mol. The second-order valence-corrected chi connectivity index (χ2v) is 5.47. The Morgan fingerprint density at radius 1 is 1.25 bits per heavy atom. The lowest BCUT2D eigenvalue weighted by Gasteiger charge is -2.12. The highest BCUT2D eigenvalue weighted by Gasteiger charge is 2.46. The van der Waals surface area contributed by atoms with Gasteiger partial charge >= 0.3 is 0 Å². The van der Waals surface area contributed by atoms with Crippen molar-refractivity contribution in [2.24, 2.45) is 5.41 Å². The molecule has 0 saturated heterocycles. The van der Waals surface area contributed by atoms with E-state index in [-0.39, 0.29) is 5.41 Å². The molecule has 2 aliphatic carbocycles. The Labute approximate surface area is 96.9 Å². The van der Waals surface area contributed by atoms with Crippen LogP contribution >= 0.6 is 0 Å². The van der Waals surface area contributed by atoms with Crippen LogP contribution < -0.4 is 0 Å². The summed E-state index contributed by atoms with van der Waals surface area (Å²) in [6.07, 6.45) is 6.94. The normalized spacial score (nSPS) is 20.6. The predicted molar refractivity (Wildman–Crippen MR) is 64.5 cm³/mol. The van der Waals surface area contributed by atoms with Crippen molar-refractivity contribution >= 4 is 5.78 Å². The first-order valence-corrected chi connectivity index (χ1v) is 6.31. The molecule has 0 N–H and O–H groups in total. The lowest BCUT2D eigenvalue weighted by molar-refractivity contribution is -0.121. The Morgan fingerprint density at radius 2 is 2.00 bits per heavy atom. The van der Waals surface area contributed by atoms with E-state index in [1.807, 2.05) is 0 Å². The van der Waals surface area contributed by atoms with Gasteiger partial charge in [0.1, 0.15) is 5.78 Å². The maximum atomic E-state index is 11.6. The van der Waals surface area contributed by atoms with Gasteiger partial charge in [0.2, 0.25) is 0 Å². The van der Waals surface area contributed by atoms with Crippen LogP contribution in [-0.4, -0.2) is 5.78 Å². The van der Waals surface area contributed by atoms with E-state index in [4.69, 9.17) is 0 Å². The third kappa shape index (κ3) is 1.59. The number of benzene rings is 1. The van der Waals surface area contributed by atoms with Gasteiger partial charge < -0.3 is 0 Å². The smallest absolute Gasteiger partial charge is 0.136 e. The van der Waals surface area contributed by atoms with Gasteiger partial charge in [-0.15, -0.1) is 0 Å². The molecule has 1 saturated carbocycles. The first kappa shape index (κ1) is 10.1. The van der Waals surface area contributed by atoms with Crippen molar-refractivity contribution in [3.05, 3.63) is 34.9 Å². The van der Waals surface area contributed by atoms with Crippen molar-refractivity contribution in [1.29, 1.82) is 0 Å². The van der Waals surface area contributed by atoms with Gasteiger partial charge in [0.15, 0.2) is 0 Å². The fourth-order valence-corrected chi connectivity index (χ4v) is 2.93. The van der Waals surface area contributed by atoms with Crippen molar-refractivity contribution in [2.75, 3.05) is 0 Å². The Balaban J connectivity index is 1.83. The third-order valence-electron chi connectivity index (χ3n) is 4.31. The molecule has 0 unspecified atom stereocenters. The fourth-order valence-electron chi connectivity index (χ4n) is 2.93. The molecule has 1 nitrogen and oxygen atoms in total. The molecule has 2 aliphatic rings. The van der Waals surface area contributed by atoms with Crippen LogP contribution in [0.25, 0.3) is 0 Å². The van der Waals surface area contributed by atoms with E-state index in [9.17, 15) is 4.79 Å². The van der Waals surface area contributed by atoms with E-state index in [2.05, 4.69) is 18.2 Å². The number of carbonyl (C=O) groups excluding carboxylic acids is 1. The molecule has 0 heterocycles. The Bertz CT molecular complexity index is 441. The summed E-state index contributed by atoms with van der Waals surface area (Å²) in [7, 11) is 0. The first-order chi connectivity index (χ1) is 7.70. The SMILES string of the molecule is CC(=O)C1(Cc2ccc3c(c2)CCC3)CC1. The summed E-state index contributed by atoms with van der Waals surface area (Å²) in [5.74, 6) is 0.382. The molecule has 1 heteroatoms. The average Bonchev–Trinajstić information content (AvgIpc) is 2.90. The van der Waals surface area contributed by atoms with Crippen LogP contribution in [0.3, 0.4) is 0 Å². The molecule has 84 valence electrons. The molecule has 0 amide bonds. The molecule has 0 radical (unpaired) electrons. The number of hydrogen-bond donors (Lipinski definition) is 0. The monoisotopic (exact) mass is 214 g/mol. The number of carbonyl (C=O) groups is 1. The average molecular weight is 214 g/mol. The maximum Gasteiger partial charge on any atom is 0.136 e. The number of hydrogen-bond acceptors (Lipinski definition) is 1. The van der Waals surface area contributed by atoms with E-state index in [1.165, 1.54) is 36.0 Å². The van der Waals surface area contributed by atoms with Gasteiger partial charge in [-0.2, -0.15) is 0 Å². The highest BCUT2D eigenvalue weighted by atomic mass is 16.1. The van der Waals surface area contributed by atoms with Crippen LogP contribution in [0.2, 0.25) is 0 Å². The zero-order valence-corrected chi connectivity index (χ0v) is 9.88. The predicted octanol–water partition coefficient (Wildman–Crippen LogP) is 3.09. The number of Topliss-reactive ketones (excluding diaryl/α,β-unsaturated/α-hetero) is 1. The summed E-state index contributed by atoms with van der Waals surface area (Å²) >= 11 is 0. The quantitative estimate of drug-likeness (QED) is 0.755. The first-order valence-electron chi connectivity index (χ1n) is 6.31. The Kier molecular flexibility index (Phi) is 2.17. The van der Waals surface area contributed by atoms with Crippen molar-refractivity contribution in [3.8, 4) is 0 Å². The Hall–Kier alpha value is -1.11. The summed E-state index contributed by atoms with van der Waals surface area (Å²) in [4.78, 5) is 11.6. The lowest BCUT2D eigenvalue weighted by atomic mass is 9.91. The van der Waals surface area contributed by atoms with Gasteiger partial charge in [-0.25, -0.2) is 0 Å². The van der Waals surface area contributed by atoms with E-state index in [0.717, 1.165) is 19.3 Å². The molecule has 0 bridgehead atoms. The van der Waals surface area contributed by atoms with Crippen LogP contribution in [-0.2, 0) is 24.1 Å². The molecule has 0 spiro atoms. The number of rotatable bonds is 3. The summed E-state index contributed by atoms with van der Waals surface area (Å²) in [6, 6.07) is 6.84. The summed E-state index contributed by atoms with van der Waals surface area (Å²) < 4.78 is 0. The zero-order chi connectivity index (χ0) is 11.2. The molecule has 16 heavy (non-hydrogen) atoms. The second kappa shape index (κ2) is 3.44. The molecule has 0 aliphatic heterocycles. The zero-order valence-electron chi connectivity index (χ0n) is 9.88. The van der Waals surface area contributed by atoms with Crippen LogP contribution in [0, 0.1) is 5.41 Å². The molecule has 1 aromatic carbocycles. The van der Waals surface area contributed by atoms with Gasteiger partial charge in [-0.3, -0.25) is 4.79 Å². The summed E-state index contributed by atoms with van der Waals surface area (Å²) in [5.41, 5.74) is 4.44. The largest absolute Gasteiger partial charge is 0.299 e. The minimum Gasteiger partial charge on any atom is -0.299 e. The summed E-state index contributed by atoms with van der Waals surface area (Å²) in [6.45, 7) is 1.75. The number of fused-ring (bicyclic) bond motifs is 1. The van der Waals surface area contributed by atoms with Gasteiger partial charge in [0, 0.05) is 5.41 Å². The molecule has 1 aromatic rings. The van der Waals surface area contributed by atoms with Crippen molar-refractivity contribution in [1.82, 2.24) is 0 Å². The van der Waals surface area contributed by atoms with Crippen LogP contribution in [0.4, 0.5) is 0 Å². The van der Waals surface area contributed by atoms with Crippen LogP contribution in [0.5, 0.6) is 0 Å². The molecule has 0 aromatic heterocycles. The Morgan fingerprint density at radius 3 is 2.69 bits per heavy atom. The third-order valence-corrected chi connectivity index (χ3v) is 4.31. The van der Waals surface area contributed by atoms with Crippen LogP contribution in [0.15, 0.2) is 18.2 Å². The van der Waals surface area contributed by atoms with E-state index in [1.54, 1.807) is 6.92 Å². The van der Waals surface area contributed by atoms with Crippen molar-refractivity contribution < 1.29 is 4.79 Å². The topological polar surface area (TPSA) is 17.1 Å². The van der Waals surface area contributed by atoms with Gasteiger partial charge in [0.25, 0.3) is 0 Å². The molecule has 3 rings (SSSR count). The van der Waals surface area contributed by atoms with E-state index >= 15 is 0 Å². The van der Waals surface area contributed by atoms with Gasteiger partial charge in [-0.05, 0) is 62.1 Å². The number of aryl methyl sites for hydroxylation is 2. The summed E-state index contributed by atoms with van der Waals surface area (Å²) in [5, 5.41) is 0. The van der Waals surface area contributed by atoms with Crippen molar-refractivity contribution in [3.63, 3.8) is 0 Å². The minimum absolute atomic E-state index is 0.0207. The van der Waals surface area contributed by atoms with Crippen molar-refractivity contribution in [2.45, 2.75) is 45.4 Å². The van der Waals surface area contributed by atoms with E-state index in [0.29, 0.717) is 5.78 Å². The molecule has 0 atom stereocenters. The maximum absolute atomic E-state index is 11.6. The fraction of sp³-hybridized carbons (Fsp3) is 0.533. The highest BCUT2D eigenvalue weighted by Crippen LogP contribution is 2.49. The van der Waals surface area contributed by atoms with Gasteiger partial charge in [0.05, 0.1) is 0 Å². The minimum atomic E-state index is 0.0207.